The predicted molar refractivity (Wildman–Crippen MR) is 8.60 cm³/mol. The molecule has 7 heavy (non-hydrogen) atoms. The van der Waals surface area contributed by atoms with E-state index in [-0.39, 0.29) is 20.4 Å². The van der Waals surface area contributed by atoms with Crippen LogP contribution in [0.2, 0.25) is 0 Å². The molecule has 7 heteroatoms. The number of halogens is 2. The number of rotatable bonds is 0. The van der Waals surface area contributed by atoms with Crippen molar-refractivity contribution in [2.75, 3.05) is 0 Å². The van der Waals surface area contributed by atoms with Gasteiger partial charge in [0, 0.05) is 0 Å². The van der Waals surface area contributed by atoms with E-state index >= 15 is 0 Å². The van der Waals surface area contributed by atoms with Crippen LogP contribution in [-0.2, 0) is 4.47 Å². The molecule has 0 spiro atoms. The van der Waals surface area contributed by atoms with E-state index < -0.39 is 27.8 Å². The summed E-state index contributed by atoms with van der Waals surface area (Å²) in [6.45, 7) is 0. The van der Waals surface area contributed by atoms with Crippen LogP contribution in [0.25, 0.3) is 0 Å². The Labute approximate surface area is 52.9 Å². The Kier molecular flexibility index (Phi) is 687. The molecule has 0 amide bonds. The van der Waals surface area contributed by atoms with Crippen molar-refractivity contribution in [3.63, 3.8) is 0 Å². The number of hydrogen-bond acceptors (Lipinski definition) is 2. The first kappa shape index (κ1) is 52.0. The fraction of sp³-hybridized carbons (Fsp3) is 0. The van der Waals surface area contributed by atoms with Crippen molar-refractivity contribution >= 4 is 0 Å². The van der Waals surface area contributed by atoms with Crippen molar-refractivity contribution in [1.29, 1.82) is 0 Å². The van der Waals surface area contributed by atoms with Gasteiger partial charge >= 0.3 is 32.3 Å². The molecule has 0 aliphatic heterocycles. The minimum absolute atomic E-state index is 0. The van der Waals surface area contributed by atoms with Crippen LogP contribution in [0.1, 0.15) is 0 Å². The molecule has 4 nitrogen and oxygen atoms in total. The van der Waals surface area contributed by atoms with Crippen LogP contribution in [0.4, 0.5) is 0 Å². The second-order valence-electron chi connectivity index (χ2n) is 0.0833. The molecular weight excluding hydrogens is 340 g/mol. The van der Waals surface area contributed by atoms with Gasteiger partial charge in [0.25, 0.3) is 0 Å². The molecule has 46 valence electrons. The van der Waals surface area contributed by atoms with Gasteiger partial charge in [-0.25, -0.2) is 0 Å². The Morgan fingerprint density at radius 3 is 0.857 bits per heavy atom. The van der Waals surface area contributed by atoms with Crippen LogP contribution >= 0.6 is 0 Å². The summed E-state index contributed by atoms with van der Waals surface area (Å²) in [5, 5.41) is 0. The van der Waals surface area contributed by atoms with Crippen molar-refractivity contribution in [3.8, 4) is 0 Å². The Morgan fingerprint density at radius 1 is 0.857 bits per heavy atom. The molecule has 0 heterocycles. The third-order valence-electron chi connectivity index (χ3n) is 0. The summed E-state index contributed by atoms with van der Waals surface area (Å²) >= 11 is -2.51. The van der Waals surface area contributed by atoms with E-state index in [0.29, 0.717) is 0 Å². The summed E-state index contributed by atoms with van der Waals surface area (Å²) in [6, 6.07) is 0. The van der Waals surface area contributed by atoms with Gasteiger partial charge in [-0.15, -0.1) is 0 Å². The van der Waals surface area contributed by atoms with E-state index in [1.807, 2.05) is 0 Å². The topological polar surface area (TPSA) is 97.1 Å². The van der Waals surface area contributed by atoms with Crippen LogP contribution < -0.4 is 9.41 Å². The SMILES string of the molecule is O.O.[F-].[F-].[O]=[U+2]=[O]. The van der Waals surface area contributed by atoms with Gasteiger partial charge in [0.2, 0.25) is 0 Å². The first-order chi connectivity index (χ1) is 1.41. The summed E-state index contributed by atoms with van der Waals surface area (Å²) in [6.07, 6.45) is 0. The van der Waals surface area contributed by atoms with Crippen molar-refractivity contribution in [1.82, 2.24) is 0 Å². The molecule has 0 saturated heterocycles. The molecule has 0 saturated carbocycles. The molecule has 0 fully saturated rings. The summed E-state index contributed by atoms with van der Waals surface area (Å²) in [7, 11) is 0. The van der Waals surface area contributed by atoms with E-state index in [0.717, 1.165) is 0 Å². The van der Waals surface area contributed by atoms with Gasteiger partial charge in [0.05, 0.1) is 0 Å². The monoisotopic (exact) mass is 344 g/mol. The van der Waals surface area contributed by atoms with Crippen LogP contribution in [-0.4, -0.2) is 11.0 Å². The van der Waals surface area contributed by atoms with Crippen molar-refractivity contribution in [3.05, 3.63) is 0 Å². The molecule has 0 aromatic heterocycles. The Morgan fingerprint density at radius 2 is 0.857 bits per heavy atom. The molecule has 0 aliphatic carbocycles. The molecule has 0 unspecified atom stereocenters. The summed E-state index contributed by atoms with van der Waals surface area (Å²) in [5.41, 5.74) is 0. The molecule has 0 atom stereocenters. The Balaban J connectivity index is -0.00000000333. The van der Waals surface area contributed by atoms with Gasteiger partial charge in [-0.3, -0.25) is 0 Å². The van der Waals surface area contributed by atoms with Gasteiger partial charge in [-0.2, -0.15) is 0 Å². The minimum atomic E-state index is -2.51. The van der Waals surface area contributed by atoms with Gasteiger partial charge in [0.15, 0.2) is 0 Å². The van der Waals surface area contributed by atoms with E-state index in [4.69, 9.17) is 4.47 Å². The third-order valence-corrected chi connectivity index (χ3v) is 0. The van der Waals surface area contributed by atoms with E-state index in [2.05, 4.69) is 0 Å². The first-order valence-corrected chi connectivity index (χ1v) is 3.81. The maximum absolute atomic E-state index is 8.58. The second kappa shape index (κ2) is 92.6. The van der Waals surface area contributed by atoms with Crippen LogP contribution in [0, 0.1) is 27.8 Å². The van der Waals surface area contributed by atoms with Crippen LogP contribution in [0.15, 0.2) is 0 Å². The first-order valence-electron chi connectivity index (χ1n) is 0.408. The molecule has 0 radical (unpaired) electrons. The fourth-order valence-electron chi connectivity index (χ4n) is 0. The maximum atomic E-state index is 8.58. The molecule has 0 rings (SSSR count). The van der Waals surface area contributed by atoms with Crippen LogP contribution in [0.5, 0.6) is 0 Å². The van der Waals surface area contributed by atoms with E-state index in [9.17, 15) is 0 Å². The van der Waals surface area contributed by atoms with E-state index in [1.165, 1.54) is 0 Å². The standard InChI is InChI=1S/2FH.2H2O.2O.U/h2*1H;2*1H2;;;/q;;;;;;+2/p-2. The van der Waals surface area contributed by atoms with Gasteiger partial charge in [-0.05, 0) is 0 Å². The average Bonchev–Trinajstić information content (AvgIpc) is 0.918. The summed E-state index contributed by atoms with van der Waals surface area (Å²) in [5.74, 6) is 0. The van der Waals surface area contributed by atoms with Gasteiger partial charge in [-0.1, -0.05) is 0 Å². The predicted octanol–water partition coefficient (Wildman–Crippen LogP) is -7.88. The van der Waals surface area contributed by atoms with Crippen molar-refractivity contribution in [2.24, 2.45) is 0 Å². The third kappa shape index (κ3) is 677. The molecule has 0 aromatic carbocycles. The van der Waals surface area contributed by atoms with Crippen molar-refractivity contribution < 1.29 is 52.7 Å². The second-order valence-corrected chi connectivity index (χ2v) is 0.777. The van der Waals surface area contributed by atoms with Gasteiger partial charge in [0.1, 0.15) is 0 Å². The zero-order chi connectivity index (χ0) is 2.71. The number of hydrogen-bond donors (Lipinski definition) is 0. The summed E-state index contributed by atoms with van der Waals surface area (Å²) < 4.78 is 17.2. The average molecular weight is 344 g/mol. The van der Waals surface area contributed by atoms with Crippen molar-refractivity contribution in [2.45, 2.75) is 0 Å². The quantitative estimate of drug-likeness (QED) is 0.436. The molecule has 0 bridgehead atoms. The van der Waals surface area contributed by atoms with E-state index in [1.54, 1.807) is 0 Å². The zero-order valence-corrected chi connectivity index (χ0v) is 7.24. The van der Waals surface area contributed by atoms with Crippen LogP contribution in [0.3, 0.4) is 0 Å². The fourth-order valence-corrected chi connectivity index (χ4v) is 0. The molecular formula is H4F2O4U. The molecule has 0 aromatic rings. The zero-order valence-electron chi connectivity index (χ0n) is 3.07. The normalized spacial score (nSPS) is 1.14. The Bertz CT molecular complexity index is 30.7. The van der Waals surface area contributed by atoms with Gasteiger partial charge < -0.3 is 20.4 Å². The summed E-state index contributed by atoms with van der Waals surface area (Å²) in [4.78, 5) is 0. The molecule has 4 N–H and O–H groups in total. The molecule has 0 aliphatic rings. The Hall–Kier alpha value is 0.432.